The van der Waals surface area contributed by atoms with Gasteiger partial charge in [-0.1, -0.05) is 32.9 Å². The molecular weight excluding hydrogens is 220 g/mol. The zero-order valence-corrected chi connectivity index (χ0v) is 12.0. The Morgan fingerprint density at radius 3 is 2.67 bits per heavy atom. The molecule has 0 radical (unpaired) electrons. The molecule has 3 unspecified atom stereocenters. The predicted octanol–water partition coefficient (Wildman–Crippen LogP) is 3.80. The van der Waals surface area contributed by atoms with Crippen LogP contribution in [0.5, 0.6) is 0 Å². The highest BCUT2D eigenvalue weighted by atomic mass is 15.1. The average molecular weight is 244 g/mol. The molecule has 2 aliphatic heterocycles. The molecule has 2 heterocycles. The highest BCUT2D eigenvalue weighted by Crippen LogP contribution is 2.46. The van der Waals surface area contributed by atoms with E-state index in [2.05, 4.69) is 50.2 Å². The minimum atomic E-state index is 0.667. The fraction of sp³-hybridized carbons (Fsp3) is 0.625. The predicted molar refractivity (Wildman–Crippen MR) is 78.8 cm³/mol. The van der Waals surface area contributed by atoms with Crippen LogP contribution in [0.4, 0.5) is 11.4 Å². The maximum absolute atomic E-state index is 3.65. The van der Waals surface area contributed by atoms with Gasteiger partial charge in [-0.2, -0.15) is 0 Å². The first-order valence-electron chi connectivity index (χ1n) is 7.21. The molecule has 0 fully saturated rings. The molecule has 0 bridgehead atoms. The molecule has 0 saturated heterocycles. The van der Waals surface area contributed by atoms with Crippen LogP contribution in [-0.2, 0) is 0 Å². The van der Waals surface area contributed by atoms with Crippen molar-refractivity contribution in [3.63, 3.8) is 0 Å². The molecular formula is C16H24N2. The summed E-state index contributed by atoms with van der Waals surface area (Å²) < 4.78 is 0. The van der Waals surface area contributed by atoms with Gasteiger partial charge in [0.2, 0.25) is 0 Å². The fourth-order valence-corrected chi connectivity index (χ4v) is 3.56. The lowest BCUT2D eigenvalue weighted by Crippen LogP contribution is -2.34. The minimum absolute atomic E-state index is 0.667. The van der Waals surface area contributed by atoms with Crippen molar-refractivity contribution in [3.8, 4) is 0 Å². The van der Waals surface area contributed by atoms with E-state index in [1.54, 1.807) is 0 Å². The van der Waals surface area contributed by atoms with Gasteiger partial charge in [0.05, 0.1) is 11.4 Å². The van der Waals surface area contributed by atoms with Crippen LogP contribution < -0.4 is 10.2 Å². The van der Waals surface area contributed by atoms with Crippen LogP contribution in [0, 0.1) is 5.92 Å². The summed E-state index contributed by atoms with van der Waals surface area (Å²) in [5, 5.41) is 3.65. The van der Waals surface area contributed by atoms with Crippen molar-refractivity contribution in [1.29, 1.82) is 0 Å². The number of hydrogen-bond donors (Lipinski definition) is 1. The van der Waals surface area contributed by atoms with E-state index in [4.69, 9.17) is 0 Å². The molecule has 2 aliphatic rings. The summed E-state index contributed by atoms with van der Waals surface area (Å²) in [7, 11) is 2.24. The van der Waals surface area contributed by atoms with E-state index in [0.717, 1.165) is 12.5 Å². The number of nitrogens with zero attached hydrogens (tertiary/aromatic N) is 1. The first-order chi connectivity index (χ1) is 8.59. The molecule has 3 atom stereocenters. The van der Waals surface area contributed by atoms with Crippen LogP contribution in [0.3, 0.4) is 0 Å². The molecule has 0 aromatic heterocycles. The molecule has 0 aliphatic carbocycles. The van der Waals surface area contributed by atoms with E-state index < -0.39 is 0 Å². The van der Waals surface area contributed by atoms with E-state index in [-0.39, 0.29) is 0 Å². The number of rotatable bonds is 0. The lowest BCUT2D eigenvalue weighted by molar-refractivity contribution is 0.467. The maximum atomic E-state index is 3.65. The summed E-state index contributed by atoms with van der Waals surface area (Å²) in [4.78, 5) is 2.45. The van der Waals surface area contributed by atoms with E-state index in [0.29, 0.717) is 11.8 Å². The quantitative estimate of drug-likeness (QED) is 0.747. The Kier molecular flexibility index (Phi) is 2.76. The van der Waals surface area contributed by atoms with Crippen LogP contribution in [-0.4, -0.2) is 20.1 Å². The number of hydrogen-bond acceptors (Lipinski definition) is 2. The number of anilines is 2. The first kappa shape index (κ1) is 11.9. The molecule has 0 spiro atoms. The third-order valence-electron chi connectivity index (χ3n) is 4.94. The minimum Gasteiger partial charge on any atom is -0.383 e. The molecule has 1 aromatic rings. The summed E-state index contributed by atoms with van der Waals surface area (Å²) in [6.45, 7) is 9.36. The Morgan fingerprint density at radius 2 is 1.89 bits per heavy atom. The molecule has 0 saturated carbocycles. The van der Waals surface area contributed by atoms with Crippen LogP contribution in [0.1, 0.15) is 50.2 Å². The van der Waals surface area contributed by atoms with E-state index >= 15 is 0 Å². The van der Waals surface area contributed by atoms with E-state index in [1.807, 2.05) is 0 Å². The summed E-state index contributed by atoms with van der Waals surface area (Å²) in [5.74, 6) is 2.09. The van der Waals surface area contributed by atoms with Gasteiger partial charge >= 0.3 is 0 Å². The molecule has 1 N–H and O–H groups in total. The van der Waals surface area contributed by atoms with Crippen LogP contribution in [0.25, 0.3) is 0 Å². The second-order valence-electron chi connectivity index (χ2n) is 6.23. The Balaban J connectivity index is 2.17. The van der Waals surface area contributed by atoms with Gasteiger partial charge in [0.25, 0.3) is 0 Å². The van der Waals surface area contributed by atoms with Crippen molar-refractivity contribution in [3.05, 3.63) is 23.3 Å². The molecule has 2 heteroatoms. The van der Waals surface area contributed by atoms with Crippen molar-refractivity contribution in [1.82, 2.24) is 0 Å². The third-order valence-corrected chi connectivity index (χ3v) is 4.94. The summed E-state index contributed by atoms with van der Waals surface area (Å²) in [6.07, 6.45) is 1.25. The van der Waals surface area contributed by atoms with Gasteiger partial charge in [-0.3, -0.25) is 0 Å². The van der Waals surface area contributed by atoms with E-state index in [1.165, 1.54) is 35.5 Å². The van der Waals surface area contributed by atoms with Crippen molar-refractivity contribution in [2.75, 3.05) is 30.4 Å². The molecule has 1 aromatic carbocycles. The lowest BCUT2D eigenvalue weighted by Gasteiger charge is -2.40. The zero-order valence-electron chi connectivity index (χ0n) is 12.0. The second-order valence-corrected chi connectivity index (χ2v) is 6.23. The van der Waals surface area contributed by atoms with Crippen LogP contribution in [0.15, 0.2) is 12.1 Å². The lowest BCUT2D eigenvalue weighted by atomic mass is 9.80. The largest absolute Gasteiger partial charge is 0.383 e. The second kappa shape index (κ2) is 4.18. The molecule has 98 valence electrons. The van der Waals surface area contributed by atoms with Gasteiger partial charge in [-0.25, -0.2) is 0 Å². The normalized spacial score (nSPS) is 30.4. The summed E-state index contributed by atoms with van der Waals surface area (Å²) >= 11 is 0. The Morgan fingerprint density at radius 1 is 1.17 bits per heavy atom. The van der Waals surface area contributed by atoms with Gasteiger partial charge in [0.1, 0.15) is 0 Å². The number of benzene rings is 1. The Labute approximate surface area is 110 Å². The topological polar surface area (TPSA) is 15.3 Å². The monoisotopic (exact) mass is 244 g/mol. The van der Waals surface area contributed by atoms with Crippen molar-refractivity contribution in [2.24, 2.45) is 5.92 Å². The van der Waals surface area contributed by atoms with Gasteiger partial charge in [-0.05, 0) is 35.3 Å². The van der Waals surface area contributed by atoms with Gasteiger partial charge < -0.3 is 10.2 Å². The Bertz CT molecular complexity index is 466. The smallest absolute Gasteiger partial charge is 0.0637 e. The van der Waals surface area contributed by atoms with Gasteiger partial charge in [-0.15, -0.1) is 0 Å². The molecule has 0 amide bonds. The first-order valence-corrected chi connectivity index (χ1v) is 7.21. The fourth-order valence-electron chi connectivity index (χ4n) is 3.56. The summed E-state index contributed by atoms with van der Waals surface area (Å²) in [5.41, 5.74) is 5.90. The average Bonchev–Trinajstić information content (AvgIpc) is 2.35. The SMILES string of the molecule is CC1CCNc2c1ccc1c2N(C)CC(C)C1C. The van der Waals surface area contributed by atoms with Crippen molar-refractivity contribution in [2.45, 2.75) is 39.0 Å². The highest BCUT2D eigenvalue weighted by Gasteiger charge is 2.31. The number of fused-ring (bicyclic) bond motifs is 3. The molecule has 2 nitrogen and oxygen atoms in total. The number of nitrogens with one attached hydrogen (secondary N) is 1. The van der Waals surface area contributed by atoms with Gasteiger partial charge in [0, 0.05) is 20.1 Å². The molecule has 3 rings (SSSR count). The summed E-state index contributed by atoms with van der Waals surface area (Å²) in [6, 6.07) is 4.72. The third kappa shape index (κ3) is 1.62. The zero-order chi connectivity index (χ0) is 12.9. The highest BCUT2D eigenvalue weighted by molar-refractivity contribution is 5.79. The standard InChI is InChI=1S/C16H24N2/c1-10-7-8-17-15-13(10)5-6-14-12(3)11(2)9-18(4)16(14)15/h5-6,10-12,17H,7-9H2,1-4H3. The van der Waals surface area contributed by atoms with Crippen molar-refractivity contribution >= 4 is 11.4 Å². The Hall–Kier alpha value is -1.18. The van der Waals surface area contributed by atoms with Crippen LogP contribution in [0.2, 0.25) is 0 Å². The van der Waals surface area contributed by atoms with Crippen LogP contribution >= 0.6 is 0 Å². The molecule has 18 heavy (non-hydrogen) atoms. The maximum Gasteiger partial charge on any atom is 0.0637 e. The van der Waals surface area contributed by atoms with Crippen molar-refractivity contribution < 1.29 is 0 Å². The van der Waals surface area contributed by atoms with Gasteiger partial charge in [0.15, 0.2) is 0 Å². The van der Waals surface area contributed by atoms with E-state index in [9.17, 15) is 0 Å².